The summed E-state index contributed by atoms with van der Waals surface area (Å²) in [6, 6.07) is 14.9. The SMILES string of the molecule is COc1cc(NC(C(=O)N2CCc3ccc(OC(F)(F)F)cc32)c2ccc(Cl)cc2)cc(OCCCC(C)=O)c1. The minimum atomic E-state index is -4.85. The Labute approximate surface area is 234 Å². The van der Waals surface area contributed by atoms with E-state index in [0.29, 0.717) is 59.3 Å². The number of carbonyl (C=O) groups excluding carboxylic acids is 2. The van der Waals surface area contributed by atoms with Gasteiger partial charge in [0, 0.05) is 47.9 Å². The highest BCUT2D eigenvalue weighted by Crippen LogP contribution is 2.37. The van der Waals surface area contributed by atoms with Gasteiger partial charge < -0.3 is 29.2 Å². The van der Waals surface area contributed by atoms with Crippen molar-refractivity contribution in [2.24, 2.45) is 0 Å². The molecule has 11 heteroatoms. The van der Waals surface area contributed by atoms with Gasteiger partial charge in [-0.25, -0.2) is 0 Å². The lowest BCUT2D eigenvalue weighted by Crippen LogP contribution is -2.37. The zero-order valence-electron chi connectivity index (χ0n) is 21.9. The Hall–Kier alpha value is -3.92. The molecule has 7 nitrogen and oxygen atoms in total. The first kappa shape index (κ1) is 29.1. The number of hydrogen-bond acceptors (Lipinski definition) is 6. The summed E-state index contributed by atoms with van der Waals surface area (Å²) in [6.45, 7) is 2.13. The number of ketones is 1. The van der Waals surface area contributed by atoms with Crippen molar-refractivity contribution in [3.8, 4) is 17.2 Å². The molecular formula is C29H28ClF3N2O5. The molecule has 0 fully saturated rings. The fraction of sp³-hybridized carbons (Fsp3) is 0.310. The monoisotopic (exact) mass is 576 g/mol. The molecule has 4 rings (SSSR count). The molecule has 3 aromatic carbocycles. The van der Waals surface area contributed by atoms with E-state index >= 15 is 0 Å². The first-order valence-corrected chi connectivity index (χ1v) is 12.9. The van der Waals surface area contributed by atoms with Crippen molar-refractivity contribution >= 4 is 34.7 Å². The molecule has 0 bridgehead atoms. The second-order valence-electron chi connectivity index (χ2n) is 9.26. The molecule has 1 heterocycles. The van der Waals surface area contributed by atoms with Crippen LogP contribution in [0.25, 0.3) is 0 Å². The molecule has 40 heavy (non-hydrogen) atoms. The number of carbonyl (C=O) groups is 2. The average molecular weight is 577 g/mol. The molecule has 0 saturated carbocycles. The number of amides is 1. The van der Waals surface area contributed by atoms with Gasteiger partial charge >= 0.3 is 6.36 Å². The fourth-order valence-electron chi connectivity index (χ4n) is 4.42. The highest BCUT2D eigenvalue weighted by Gasteiger charge is 2.34. The van der Waals surface area contributed by atoms with Crippen molar-refractivity contribution in [3.63, 3.8) is 0 Å². The molecule has 1 amide bonds. The number of methoxy groups -OCH3 is 1. The van der Waals surface area contributed by atoms with Crippen molar-refractivity contribution in [2.45, 2.75) is 38.6 Å². The second kappa shape index (κ2) is 12.5. The van der Waals surface area contributed by atoms with E-state index in [-0.39, 0.29) is 18.2 Å². The largest absolute Gasteiger partial charge is 0.573 e. The first-order valence-electron chi connectivity index (χ1n) is 12.6. The number of Topliss-reactive ketones (excluding diaryl/α,β-unsaturated/α-hetero) is 1. The summed E-state index contributed by atoms with van der Waals surface area (Å²) in [7, 11) is 1.50. The maximum absolute atomic E-state index is 14.0. The van der Waals surface area contributed by atoms with Gasteiger partial charge in [-0.1, -0.05) is 29.8 Å². The molecule has 1 aliphatic rings. The number of nitrogens with zero attached hydrogens (tertiary/aromatic N) is 1. The zero-order chi connectivity index (χ0) is 28.9. The van der Waals surface area contributed by atoms with Crippen LogP contribution in [-0.2, 0) is 16.0 Å². The highest BCUT2D eigenvalue weighted by molar-refractivity contribution is 6.30. The van der Waals surface area contributed by atoms with E-state index in [0.717, 1.165) is 5.56 Å². The van der Waals surface area contributed by atoms with Gasteiger partial charge in [-0.05, 0) is 49.1 Å². The van der Waals surface area contributed by atoms with Crippen LogP contribution in [0.3, 0.4) is 0 Å². The number of hydrogen-bond donors (Lipinski definition) is 1. The summed E-state index contributed by atoms with van der Waals surface area (Å²) in [5.41, 5.74) is 2.20. The second-order valence-corrected chi connectivity index (χ2v) is 9.69. The van der Waals surface area contributed by atoms with Crippen LogP contribution in [0.5, 0.6) is 17.2 Å². The number of ether oxygens (including phenoxy) is 3. The van der Waals surface area contributed by atoms with Crippen LogP contribution < -0.4 is 24.4 Å². The summed E-state index contributed by atoms with van der Waals surface area (Å²) in [4.78, 5) is 26.7. The van der Waals surface area contributed by atoms with Gasteiger partial charge in [0.05, 0.1) is 19.4 Å². The van der Waals surface area contributed by atoms with Crippen LogP contribution in [0.4, 0.5) is 24.5 Å². The summed E-state index contributed by atoms with van der Waals surface area (Å²) in [6.07, 6.45) is -3.42. The maximum atomic E-state index is 14.0. The van der Waals surface area contributed by atoms with Crippen LogP contribution in [0.1, 0.15) is 36.9 Å². The number of benzene rings is 3. The van der Waals surface area contributed by atoms with Crippen LogP contribution >= 0.6 is 11.6 Å². The molecule has 0 saturated heterocycles. The molecule has 0 aromatic heterocycles. The number of alkyl halides is 3. The normalized spacial score (nSPS) is 13.4. The Morgan fingerprint density at radius 2 is 1.75 bits per heavy atom. The van der Waals surface area contributed by atoms with Gasteiger partial charge in [0.15, 0.2) is 0 Å². The zero-order valence-corrected chi connectivity index (χ0v) is 22.6. The lowest BCUT2D eigenvalue weighted by Gasteiger charge is -2.26. The van der Waals surface area contributed by atoms with E-state index in [9.17, 15) is 22.8 Å². The molecule has 1 N–H and O–H groups in total. The van der Waals surface area contributed by atoms with Gasteiger partial charge in [-0.2, -0.15) is 0 Å². The lowest BCUT2D eigenvalue weighted by molar-refractivity contribution is -0.274. The standard InChI is InChI=1S/C29H28ClF3N2O5/c1-18(36)4-3-13-39-25-15-22(14-24(16-25)38-2)34-27(20-5-8-21(30)9-6-20)28(37)35-12-11-19-7-10-23(17-26(19)35)40-29(31,32)33/h5-10,14-17,27,34H,3-4,11-13H2,1-2H3. The van der Waals surface area contributed by atoms with E-state index in [1.54, 1.807) is 42.5 Å². The first-order chi connectivity index (χ1) is 19.0. The van der Waals surface area contributed by atoms with E-state index < -0.39 is 18.2 Å². The van der Waals surface area contributed by atoms with Gasteiger partial charge in [0.25, 0.3) is 5.91 Å². The Kier molecular flexibility index (Phi) is 9.09. The fourth-order valence-corrected chi connectivity index (χ4v) is 4.54. The number of rotatable bonds is 11. The molecule has 0 radical (unpaired) electrons. The molecular weight excluding hydrogens is 549 g/mol. The van der Waals surface area contributed by atoms with E-state index in [4.69, 9.17) is 21.1 Å². The molecule has 1 aliphatic heterocycles. The Morgan fingerprint density at radius 1 is 1.02 bits per heavy atom. The Bertz CT molecular complexity index is 1360. The number of nitrogens with one attached hydrogen (secondary N) is 1. The molecule has 0 spiro atoms. The van der Waals surface area contributed by atoms with E-state index in [1.807, 2.05) is 0 Å². The topological polar surface area (TPSA) is 77.1 Å². The molecule has 1 unspecified atom stereocenters. The molecule has 1 atom stereocenters. The highest BCUT2D eigenvalue weighted by atomic mass is 35.5. The van der Waals surface area contributed by atoms with Crippen LogP contribution in [0.15, 0.2) is 60.7 Å². The predicted octanol–water partition coefficient (Wildman–Crippen LogP) is 6.74. The predicted molar refractivity (Wildman–Crippen MR) is 145 cm³/mol. The molecule has 212 valence electrons. The lowest BCUT2D eigenvalue weighted by atomic mass is 10.0. The number of anilines is 2. The third-order valence-electron chi connectivity index (χ3n) is 6.27. The smallest absolute Gasteiger partial charge is 0.497 e. The van der Waals surface area contributed by atoms with Crippen LogP contribution in [-0.4, -0.2) is 38.3 Å². The average Bonchev–Trinajstić information content (AvgIpc) is 3.32. The van der Waals surface area contributed by atoms with Gasteiger partial charge in [-0.3, -0.25) is 4.79 Å². The summed E-state index contributed by atoms with van der Waals surface area (Å²) in [5, 5.41) is 3.72. The van der Waals surface area contributed by atoms with Crippen molar-refractivity contribution in [1.29, 1.82) is 0 Å². The van der Waals surface area contributed by atoms with E-state index in [1.165, 1.54) is 37.1 Å². The maximum Gasteiger partial charge on any atom is 0.573 e. The third kappa shape index (κ3) is 7.59. The third-order valence-corrected chi connectivity index (χ3v) is 6.52. The Morgan fingerprint density at radius 3 is 2.42 bits per heavy atom. The van der Waals surface area contributed by atoms with Crippen molar-refractivity contribution in [2.75, 3.05) is 30.5 Å². The summed E-state index contributed by atoms with van der Waals surface area (Å²) in [5.74, 6) is 0.252. The number of halogens is 4. The molecule has 0 aliphatic carbocycles. The minimum Gasteiger partial charge on any atom is -0.497 e. The van der Waals surface area contributed by atoms with Crippen molar-refractivity contribution < 1.29 is 37.0 Å². The van der Waals surface area contributed by atoms with Crippen molar-refractivity contribution in [3.05, 3.63) is 76.8 Å². The number of fused-ring (bicyclic) bond motifs is 1. The van der Waals surface area contributed by atoms with Crippen LogP contribution in [0, 0.1) is 0 Å². The van der Waals surface area contributed by atoms with Crippen LogP contribution in [0.2, 0.25) is 5.02 Å². The van der Waals surface area contributed by atoms with E-state index in [2.05, 4.69) is 10.1 Å². The van der Waals surface area contributed by atoms with Gasteiger partial charge in [-0.15, -0.1) is 13.2 Å². The van der Waals surface area contributed by atoms with Gasteiger partial charge in [0.2, 0.25) is 0 Å². The summed E-state index contributed by atoms with van der Waals surface area (Å²) >= 11 is 6.08. The van der Waals surface area contributed by atoms with Crippen molar-refractivity contribution in [1.82, 2.24) is 0 Å². The molecule has 3 aromatic rings. The summed E-state index contributed by atoms with van der Waals surface area (Å²) < 4.78 is 53.8. The minimum absolute atomic E-state index is 0.0708. The quantitative estimate of drug-likeness (QED) is 0.255. The van der Waals surface area contributed by atoms with Gasteiger partial charge in [0.1, 0.15) is 29.1 Å². The Balaban J connectivity index is 1.63.